The minimum atomic E-state index is 0.921. The van der Waals surface area contributed by atoms with E-state index in [1.807, 2.05) is 19.1 Å². The lowest BCUT2D eigenvalue weighted by atomic mass is 10.3. The summed E-state index contributed by atoms with van der Waals surface area (Å²) < 4.78 is 0. The lowest BCUT2D eigenvalue weighted by Crippen LogP contribution is -1.68. The third-order valence-corrected chi connectivity index (χ3v) is 1.31. The van der Waals surface area contributed by atoms with Gasteiger partial charge in [-0.05, 0) is 19.8 Å². The normalized spacial score (nSPS) is 11.5. The molecule has 0 aromatic heterocycles. The first-order chi connectivity index (χ1) is 3.81. The van der Waals surface area contributed by atoms with E-state index in [4.69, 9.17) is 11.6 Å². The maximum atomic E-state index is 5.66. The van der Waals surface area contributed by atoms with E-state index >= 15 is 0 Å². The van der Waals surface area contributed by atoms with Crippen LogP contribution >= 0.6 is 11.6 Å². The van der Waals surface area contributed by atoms with Crippen LogP contribution in [0.1, 0.15) is 19.8 Å². The van der Waals surface area contributed by atoms with E-state index in [1.54, 1.807) is 0 Å². The van der Waals surface area contributed by atoms with Gasteiger partial charge in [0.25, 0.3) is 0 Å². The summed E-state index contributed by atoms with van der Waals surface area (Å²) in [5, 5.41) is 0.921. The Labute approximate surface area is 55.9 Å². The second kappa shape index (κ2) is 4.92. The van der Waals surface area contributed by atoms with Crippen molar-refractivity contribution in [3.05, 3.63) is 23.8 Å². The van der Waals surface area contributed by atoms with Gasteiger partial charge in [0.2, 0.25) is 0 Å². The van der Waals surface area contributed by atoms with Crippen molar-refractivity contribution in [3.8, 4) is 0 Å². The SMILES string of the molecule is C=CCC/C(Cl)=C\C. The largest absolute Gasteiger partial charge is 0.103 e. The Kier molecular flexibility index (Phi) is 4.78. The maximum absolute atomic E-state index is 5.66. The molecule has 0 aliphatic heterocycles. The molecule has 0 aliphatic carbocycles. The second-order valence-electron chi connectivity index (χ2n) is 1.56. The molecule has 0 aromatic rings. The zero-order valence-electron chi connectivity index (χ0n) is 5.15. The van der Waals surface area contributed by atoms with Gasteiger partial charge >= 0.3 is 0 Å². The van der Waals surface area contributed by atoms with Crippen LogP contribution in [-0.2, 0) is 0 Å². The fraction of sp³-hybridized carbons (Fsp3) is 0.429. The van der Waals surface area contributed by atoms with E-state index in [1.165, 1.54) is 0 Å². The summed E-state index contributed by atoms with van der Waals surface area (Å²) >= 11 is 5.66. The fourth-order valence-corrected chi connectivity index (χ4v) is 0.493. The van der Waals surface area contributed by atoms with E-state index < -0.39 is 0 Å². The van der Waals surface area contributed by atoms with Gasteiger partial charge in [0.1, 0.15) is 0 Å². The van der Waals surface area contributed by atoms with Crippen LogP contribution in [0.15, 0.2) is 23.8 Å². The molecule has 0 aliphatic rings. The third-order valence-electron chi connectivity index (χ3n) is 0.901. The van der Waals surface area contributed by atoms with Crippen LogP contribution in [0.2, 0.25) is 0 Å². The first-order valence-electron chi connectivity index (χ1n) is 2.73. The van der Waals surface area contributed by atoms with Crippen LogP contribution in [0.25, 0.3) is 0 Å². The highest BCUT2D eigenvalue weighted by molar-refractivity contribution is 6.29. The molecule has 0 heterocycles. The van der Waals surface area contributed by atoms with Crippen LogP contribution < -0.4 is 0 Å². The van der Waals surface area contributed by atoms with Crippen molar-refractivity contribution in [2.75, 3.05) is 0 Å². The van der Waals surface area contributed by atoms with E-state index in [9.17, 15) is 0 Å². The molecule has 0 nitrogen and oxygen atoms in total. The molecule has 1 heteroatoms. The molecule has 8 heavy (non-hydrogen) atoms. The van der Waals surface area contributed by atoms with Crippen molar-refractivity contribution in [1.82, 2.24) is 0 Å². The minimum absolute atomic E-state index is 0.921. The highest BCUT2D eigenvalue weighted by Crippen LogP contribution is 2.08. The molecule has 0 rings (SSSR count). The Morgan fingerprint density at radius 1 is 1.75 bits per heavy atom. The quantitative estimate of drug-likeness (QED) is 0.515. The molecule has 0 spiro atoms. The molecular weight excluding hydrogens is 120 g/mol. The number of hydrogen-bond acceptors (Lipinski definition) is 0. The average Bonchev–Trinajstić information content (AvgIpc) is 1.83. The molecule has 0 aromatic carbocycles. The molecular formula is C7H11Cl. The van der Waals surface area contributed by atoms with Crippen LogP contribution in [0.4, 0.5) is 0 Å². The van der Waals surface area contributed by atoms with Crippen molar-refractivity contribution in [2.45, 2.75) is 19.8 Å². The zero-order valence-corrected chi connectivity index (χ0v) is 5.91. The molecule has 0 saturated heterocycles. The van der Waals surface area contributed by atoms with E-state index in [2.05, 4.69) is 6.58 Å². The number of allylic oxidation sites excluding steroid dienone is 3. The Morgan fingerprint density at radius 3 is 2.75 bits per heavy atom. The van der Waals surface area contributed by atoms with Crippen LogP contribution in [-0.4, -0.2) is 0 Å². The molecule has 0 saturated carbocycles. The molecule has 0 amide bonds. The van der Waals surface area contributed by atoms with Gasteiger partial charge in [-0.2, -0.15) is 0 Å². The number of hydrogen-bond donors (Lipinski definition) is 0. The van der Waals surface area contributed by atoms with Gasteiger partial charge in [-0.15, -0.1) is 6.58 Å². The highest BCUT2D eigenvalue weighted by atomic mass is 35.5. The Balaban J connectivity index is 3.24. The monoisotopic (exact) mass is 130 g/mol. The Morgan fingerprint density at radius 2 is 2.38 bits per heavy atom. The molecule has 0 atom stereocenters. The number of rotatable bonds is 3. The second-order valence-corrected chi connectivity index (χ2v) is 2.05. The summed E-state index contributed by atoms with van der Waals surface area (Å²) in [5.41, 5.74) is 0. The summed E-state index contributed by atoms with van der Waals surface area (Å²) in [6.07, 6.45) is 5.68. The predicted molar refractivity (Wildman–Crippen MR) is 39.0 cm³/mol. The summed E-state index contributed by atoms with van der Waals surface area (Å²) in [5.74, 6) is 0. The van der Waals surface area contributed by atoms with Gasteiger partial charge in [0.15, 0.2) is 0 Å². The van der Waals surface area contributed by atoms with Crippen molar-refractivity contribution < 1.29 is 0 Å². The standard InChI is InChI=1S/C7H11Cl/c1-3-5-6-7(8)4-2/h3-4H,1,5-6H2,2H3/b7-4+. The molecule has 0 bridgehead atoms. The molecule has 0 fully saturated rings. The van der Waals surface area contributed by atoms with Gasteiger partial charge in [-0.3, -0.25) is 0 Å². The van der Waals surface area contributed by atoms with E-state index in [-0.39, 0.29) is 0 Å². The van der Waals surface area contributed by atoms with Crippen molar-refractivity contribution >= 4 is 11.6 Å². The van der Waals surface area contributed by atoms with Gasteiger partial charge in [-0.1, -0.05) is 23.8 Å². The molecule has 46 valence electrons. The molecule has 0 unspecified atom stereocenters. The van der Waals surface area contributed by atoms with Crippen LogP contribution in [0.5, 0.6) is 0 Å². The minimum Gasteiger partial charge on any atom is -0.103 e. The number of halogens is 1. The van der Waals surface area contributed by atoms with Gasteiger partial charge in [0, 0.05) is 5.03 Å². The lowest BCUT2D eigenvalue weighted by molar-refractivity contribution is 1.03. The first-order valence-corrected chi connectivity index (χ1v) is 3.10. The van der Waals surface area contributed by atoms with Crippen molar-refractivity contribution in [1.29, 1.82) is 0 Å². The van der Waals surface area contributed by atoms with Crippen LogP contribution in [0, 0.1) is 0 Å². The van der Waals surface area contributed by atoms with Gasteiger partial charge in [0.05, 0.1) is 0 Å². The highest BCUT2D eigenvalue weighted by Gasteiger charge is 1.84. The zero-order chi connectivity index (χ0) is 6.41. The van der Waals surface area contributed by atoms with E-state index in [0.29, 0.717) is 0 Å². The van der Waals surface area contributed by atoms with Gasteiger partial charge in [-0.25, -0.2) is 0 Å². The smallest absolute Gasteiger partial charge is 0.0141 e. The Hall–Kier alpha value is -0.230. The summed E-state index contributed by atoms with van der Waals surface area (Å²) in [6.45, 7) is 5.52. The van der Waals surface area contributed by atoms with Gasteiger partial charge < -0.3 is 0 Å². The summed E-state index contributed by atoms with van der Waals surface area (Å²) in [4.78, 5) is 0. The van der Waals surface area contributed by atoms with Crippen molar-refractivity contribution in [2.24, 2.45) is 0 Å². The molecule has 0 radical (unpaired) electrons. The van der Waals surface area contributed by atoms with E-state index in [0.717, 1.165) is 17.9 Å². The first kappa shape index (κ1) is 7.77. The van der Waals surface area contributed by atoms with Crippen LogP contribution in [0.3, 0.4) is 0 Å². The molecule has 0 N–H and O–H groups in total. The fourth-order valence-electron chi connectivity index (χ4n) is 0.384. The topological polar surface area (TPSA) is 0 Å². The summed E-state index contributed by atoms with van der Waals surface area (Å²) in [7, 11) is 0. The maximum Gasteiger partial charge on any atom is 0.0141 e. The average molecular weight is 131 g/mol. The predicted octanol–water partition coefficient (Wildman–Crippen LogP) is 3.10. The summed E-state index contributed by atoms with van der Waals surface area (Å²) in [6, 6.07) is 0. The van der Waals surface area contributed by atoms with Crippen molar-refractivity contribution in [3.63, 3.8) is 0 Å². The lowest BCUT2D eigenvalue weighted by Gasteiger charge is -1.89. The third kappa shape index (κ3) is 3.94. The Bertz CT molecular complexity index is 92.6.